The molecule has 1 aliphatic heterocycles. The van der Waals surface area contributed by atoms with E-state index in [0.29, 0.717) is 21.8 Å². The average Bonchev–Trinajstić information content (AvgIpc) is 2.93. The molecule has 1 N–H and O–H groups in total. The van der Waals surface area contributed by atoms with Gasteiger partial charge in [0.25, 0.3) is 5.91 Å². The molecule has 9 nitrogen and oxygen atoms in total. The van der Waals surface area contributed by atoms with Gasteiger partial charge in [-0.15, -0.1) is 5.06 Å². The molecule has 0 spiro atoms. The summed E-state index contributed by atoms with van der Waals surface area (Å²) >= 11 is 0. The fourth-order valence-electron chi connectivity index (χ4n) is 4.64. The first-order valence-corrected chi connectivity index (χ1v) is 11.9. The van der Waals surface area contributed by atoms with Gasteiger partial charge in [-0.2, -0.15) is 0 Å². The second kappa shape index (κ2) is 11.6. The van der Waals surface area contributed by atoms with Crippen LogP contribution in [0.15, 0.2) is 91.0 Å². The lowest BCUT2D eigenvalue weighted by molar-refractivity contribution is -0.293. The summed E-state index contributed by atoms with van der Waals surface area (Å²) in [5.74, 6) is -3.78. The molecule has 194 valence electrons. The highest BCUT2D eigenvalue weighted by molar-refractivity contribution is 6.20. The van der Waals surface area contributed by atoms with E-state index in [4.69, 9.17) is 9.57 Å². The minimum absolute atomic E-state index is 0.0419. The Hall–Kier alpha value is -4.63. The Balaban J connectivity index is 1.85. The van der Waals surface area contributed by atoms with Crippen LogP contribution in [-0.2, 0) is 40.0 Å². The number of nitrogens with one attached hydrogen (secondary N) is 1. The largest absolute Gasteiger partial charge is 0.395 e. The lowest BCUT2D eigenvalue weighted by Gasteiger charge is -2.56. The van der Waals surface area contributed by atoms with Crippen LogP contribution in [0.4, 0.5) is 0 Å². The number of hydrogen-bond acceptors (Lipinski definition) is 7. The summed E-state index contributed by atoms with van der Waals surface area (Å²) in [6, 6.07) is 27.0. The van der Waals surface area contributed by atoms with E-state index in [-0.39, 0.29) is 18.5 Å². The number of rotatable bonds is 11. The number of carbonyl (C=O) groups excluding carboxylic acids is 5. The van der Waals surface area contributed by atoms with E-state index >= 15 is 0 Å². The summed E-state index contributed by atoms with van der Waals surface area (Å²) in [6.07, 6.45) is -1.54. The maximum Gasteiger partial charge on any atom is 0.395 e. The molecule has 2 atom stereocenters. The van der Waals surface area contributed by atoms with Gasteiger partial charge in [-0.05, 0) is 23.6 Å². The van der Waals surface area contributed by atoms with E-state index in [9.17, 15) is 24.0 Å². The van der Waals surface area contributed by atoms with Crippen LogP contribution in [0.1, 0.15) is 29.5 Å². The van der Waals surface area contributed by atoms with Gasteiger partial charge < -0.3 is 14.9 Å². The van der Waals surface area contributed by atoms with Crippen molar-refractivity contribution in [1.82, 2.24) is 10.4 Å². The summed E-state index contributed by atoms with van der Waals surface area (Å²) < 4.78 is 5.81. The molecular weight excluding hydrogens is 488 g/mol. The lowest BCUT2D eigenvalue weighted by Crippen LogP contribution is -2.83. The SMILES string of the molecule is CC(=O)CO[C@H]1N(OC(=O)C=O)C(=O)[C@@]1(NC(=O)Cc1ccccc1)C(c1ccccc1)c1ccccc1. The second-order valence-corrected chi connectivity index (χ2v) is 8.86. The van der Waals surface area contributed by atoms with Crippen molar-refractivity contribution in [2.75, 3.05) is 6.61 Å². The second-order valence-electron chi connectivity index (χ2n) is 8.86. The summed E-state index contributed by atoms with van der Waals surface area (Å²) in [6.45, 7) is 0.865. The van der Waals surface area contributed by atoms with Gasteiger partial charge in [0.15, 0.2) is 11.3 Å². The third kappa shape index (κ3) is 5.37. The fourth-order valence-corrected chi connectivity index (χ4v) is 4.64. The van der Waals surface area contributed by atoms with E-state index in [2.05, 4.69) is 5.32 Å². The molecule has 9 heteroatoms. The minimum Gasteiger partial charge on any atom is -0.344 e. The highest BCUT2D eigenvalue weighted by Gasteiger charge is 2.69. The first-order chi connectivity index (χ1) is 18.4. The number of benzene rings is 3. The van der Waals surface area contributed by atoms with E-state index in [1.807, 2.05) is 18.2 Å². The Morgan fingerprint density at radius 1 is 0.921 bits per heavy atom. The Morgan fingerprint density at radius 3 is 1.95 bits per heavy atom. The van der Waals surface area contributed by atoms with Crippen LogP contribution in [0.2, 0.25) is 0 Å². The Bertz CT molecular complexity index is 1280. The van der Waals surface area contributed by atoms with Crippen molar-refractivity contribution >= 4 is 29.9 Å². The van der Waals surface area contributed by atoms with Gasteiger partial charge in [-0.1, -0.05) is 91.0 Å². The number of amides is 2. The van der Waals surface area contributed by atoms with Crippen LogP contribution in [0.3, 0.4) is 0 Å². The van der Waals surface area contributed by atoms with Gasteiger partial charge >= 0.3 is 5.97 Å². The van der Waals surface area contributed by atoms with E-state index in [1.54, 1.807) is 72.8 Å². The van der Waals surface area contributed by atoms with Crippen molar-refractivity contribution in [3.63, 3.8) is 0 Å². The molecule has 0 aliphatic carbocycles. The van der Waals surface area contributed by atoms with Crippen molar-refractivity contribution in [3.8, 4) is 0 Å². The third-order valence-electron chi connectivity index (χ3n) is 6.16. The molecule has 0 aromatic heterocycles. The van der Waals surface area contributed by atoms with Crippen LogP contribution in [0.5, 0.6) is 0 Å². The molecule has 3 aromatic rings. The van der Waals surface area contributed by atoms with Crippen LogP contribution in [0.25, 0.3) is 0 Å². The summed E-state index contributed by atoms with van der Waals surface area (Å²) in [5.41, 5.74) is 0.246. The van der Waals surface area contributed by atoms with Crippen LogP contribution in [-0.4, -0.2) is 53.3 Å². The standard InChI is InChI=1S/C29H26N2O7/c1-20(33)19-37-28-29(27(36)31(28)38-25(35)18-32,30-24(34)17-21-11-5-2-6-12-21)26(22-13-7-3-8-14-22)23-15-9-4-10-16-23/h2-16,18,26,28H,17,19H2,1H3,(H,30,34)/t28-,29+/m1/s1. The summed E-state index contributed by atoms with van der Waals surface area (Å²) in [7, 11) is 0. The predicted molar refractivity (Wildman–Crippen MR) is 135 cm³/mol. The van der Waals surface area contributed by atoms with Gasteiger partial charge in [0.1, 0.15) is 6.61 Å². The number of hydroxylamine groups is 2. The van der Waals surface area contributed by atoms with Gasteiger partial charge in [0.05, 0.1) is 6.42 Å². The van der Waals surface area contributed by atoms with Crippen molar-refractivity contribution in [2.24, 2.45) is 0 Å². The maximum atomic E-state index is 13.9. The van der Waals surface area contributed by atoms with Crippen molar-refractivity contribution in [3.05, 3.63) is 108 Å². The molecule has 2 amide bonds. The molecule has 38 heavy (non-hydrogen) atoms. The normalized spacial score (nSPS) is 18.4. The number of ether oxygens (including phenoxy) is 1. The predicted octanol–water partition coefficient (Wildman–Crippen LogP) is 2.35. The molecule has 0 radical (unpaired) electrons. The lowest BCUT2D eigenvalue weighted by atomic mass is 9.68. The molecule has 1 fully saturated rings. The fraction of sp³-hybridized carbons (Fsp3) is 0.207. The zero-order chi connectivity index (χ0) is 27.1. The highest BCUT2D eigenvalue weighted by Crippen LogP contribution is 2.47. The van der Waals surface area contributed by atoms with Crippen LogP contribution in [0, 0.1) is 0 Å². The first-order valence-electron chi connectivity index (χ1n) is 11.9. The minimum atomic E-state index is -1.81. The number of nitrogens with zero attached hydrogens (tertiary/aromatic N) is 1. The maximum absolute atomic E-state index is 13.9. The third-order valence-corrected chi connectivity index (χ3v) is 6.16. The van der Waals surface area contributed by atoms with Crippen LogP contribution < -0.4 is 5.32 Å². The molecule has 1 heterocycles. The van der Waals surface area contributed by atoms with Crippen molar-refractivity contribution in [1.29, 1.82) is 0 Å². The molecule has 1 aliphatic rings. The zero-order valence-corrected chi connectivity index (χ0v) is 20.6. The van der Waals surface area contributed by atoms with Crippen molar-refractivity contribution < 1.29 is 33.5 Å². The monoisotopic (exact) mass is 514 g/mol. The molecule has 1 saturated heterocycles. The smallest absolute Gasteiger partial charge is 0.344 e. The van der Waals surface area contributed by atoms with E-state index in [0.717, 1.165) is 0 Å². The van der Waals surface area contributed by atoms with Gasteiger partial charge in [0.2, 0.25) is 18.4 Å². The van der Waals surface area contributed by atoms with E-state index in [1.165, 1.54) is 6.92 Å². The average molecular weight is 515 g/mol. The molecule has 0 unspecified atom stereocenters. The Kier molecular flexibility index (Phi) is 8.08. The number of Topliss-reactive ketones (excluding diaryl/α,β-unsaturated/α-hetero) is 1. The Morgan fingerprint density at radius 2 is 1.45 bits per heavy atom. The topological polar surface area (TPSA) is 119 Å². The quantitative estimate of drug-likeness (QED) is 0.237. The zero-order valence-electron chi connectivity index (χ0n) is 20.6. The van der Waals surface area contributed by atoms with Crippen molar-refractivity contribution in [2.45, 2.75) is 31.0 Å². The number of carbonyl (C=O) groups is 5. The Labute approximate surface area is 219 Å². The number of hydrogen-bond donors (Lipinski definition) is 1. The summed E-state index contributed by atoms with van der Waals surface area (Å²) in [5, 5.41) is 3.47. The molecule has 4 rings (SSSR count). The number of ketones is 1. The number of β-lactam (4-membered cyclic amide) rings is 1. The van der Waals surface area contributed by atoms with Gasteiger partial charge in [0, 0.05) is 5.92 Å². The number of aldehydes is 1. The van der Waals surface area contributed by atoms with Gasteiger partial charge in [-0.25, -0.2) is 4.79 Å². The highest BCUT2D eigenvalue weighted by atomic mass is 16.8. The molecule has 0 saturated carbocycles. The van der Waals surface area contributed by atoms with Gasteiger partial charge in [-0.3, -0.25) is 19.2 Å². The molecule has 0 bridgehead atoms. The molecule has 3 aromatic carbocycles. The van der Waals surface area contributed by atoms with Crippen LogP contribution >= 0.6 is 0 Å². The summed E-state index contributed by atoms with van der Waals surface area (Å²) in [4.78, 5) is 67.0. The first kappa shape index (κ1) is 26.4. The molecular formula is C29H26N2O7. The van der Waals surface area contributed by atoms with E-state index < -0.39 is 42.1 Å².